The van der Waals surface area contributed by atoms with E-state index in [9.17, 15) is 0 Å². The molecule has 0 radical (unpaired) electrons. The summed E-state index contributed by atoms with van der Waals surface area (Å²) in [6, 6.07) is 12.7. The molecule has 0 saturated heterocycles. The molecule has 0 unspecified atom stereocenters. The molecule has 0 spiro atoms. The molecule has 0 saturated carbocycles. The molecule has 0 bridgehead atoms. The predicted octanol–water partition coefficient (Wildman–Crippen LogP) is 5.13. The van der Waals surface area contributed by atoms with Gasteiger partial charge in [-0.2, -0.15) is 0 Å². The molecule has 0 aliphatic rings. The van der Waals surface area contributed by atoms with Crippen LogP contribution in [0, 0.1) is 0 Å². The fourth-order valence-electron chi connectivity index (χ4n) is 1.98. The summed E-state index contributed by atoms with van der Waals surface area (Å²) in [4.78, 5) is 5.79. The van der Waals surface area contributed by atoms with Crippen LogP contribution in [-0.2, 0) is 0 Å². The number of thiazole rings is 1. The second-order valence-electron chi connectivity index (χ2n) is 4.17. The topological polar surface area (TPSA) is 12.9 Å². The van der Waals surface area contributed by atoms with Crippen LogP contribution >= 0.6 is 24.0 Å². The van der Waals surface area contributed by atoms with Crippen LogP contribution in [0.4, 0.5) is 0 Å². The Balaban J connectivity index is 2.26. The summed E-state index contributed by atoms with van der Waals surface area (Å²) in [6.45, 7) is 2.10. The van der Waals surface area contributed by atoms with Gasteiger partial charge >= 0.3 is 0 Å². The number of thiol groups is 1. The van der Waals surface area contributed by atoms with Gasteiger partial charge in [-0.05, 0) is 28.9 Å². The van der Waals surface area contributed by atoms with Gasteiger partial charge in [-0.15, -0.1) is 24.0 Å². The van der Waals surface area contributed by atoms with Crippen LogP contribution in [0.15, 0.2) is 41.3 Å². The third-order valence-electron chi connectivity index (χ3n) is 2.95. The molecule has 1 nitrogen and oxygen atoms in total. The quantitative estimate of drug-likeness (QED) is 0.637. The summed E-state index contributed by atoms with van der Waals surface area (Å²) in [5.74, 6) is 0. The molecular weight excluding hydrogens is 258 g/mol. The van der Waals surface area contributed by atoms with Crippen LogP contribution in [0.25, 0.3) is 27.1 Å². The first-order chi connectivity index (χ1) is 8.78. The van der Waals surface area contributed by atoms with E-state index in [0.717, 1.165) is 21.9 Å². The van der Waals surface area contributed by atoms with Crippen LogP contribution in [0.1, 0.15) is 18.4 Å². The molecule has 1 aromatic heterocycles. The van der Waals surface area contributed by atoms with E-state index in [0.29, 0.717) is 0 Å². The van der Waals surface area contributed by atoms with Crippen LogP contribution in [-0.4, -0.2) is 4.98 Å². The maximum absolute atomic E-state index is 4.72. The molecule has 3 aromatic rings. The largest absolute Gasteiger partial charge is 0.236 e. The molecule has 0 aliphatic heterocycles. The van der Waals surface area contributed by atoms with Crippen molar-refractivity contribution in [3.8, 4) is 0 Å². The summed E-state index contributed by atoms with van der Waals surface area (Å²) in [5.41, 5.74) is 1.10. The highest BCUT2D eigenvalue weighted by atomic mass is 32.1. The minimum Gasteiger partial charge on any atom is -0.236 e. The fourth-order valence-corrected chi connectivity index (χ4v) is 3.15. The van der Waals surface area contributed by atoms with Gasteiger partial charge in [0, 0.05) is 5.39 Å². The molecule has 3 heteroatoms. The normalized spacial score (nSPS) is 12.4. The minimum atomic E-state index is 0.944. The number of aromatic nitrogens is 1. The summed E-state index contributed by atoms with van der Waals surface area (Å²) < 4.78 is 1.23. The molecule has 2 aromatic carbocycles. The van der Waals surface area contributed by atoms with Gasteiger partial charge in [-0.1, -0.05) is 37.3 Å². The van der Waals surface area contributed by atoms with E-state index in [1.54, 1.807) is 11.3 Å². The highest BCUT2D eigenvalue weighted by Crippen LogP contribution is 2.30. The molecule has 0 amide bonds. The Morgan fingerprint density at radius 2 is 2.11 bits per heavy atom. The lowest BCUT2D eigenvalue weighted by molar-refractivity contribution is 1.21. The number of hydrogen-bond donors (Lipinski definition) is 1. The molecule has 0 atom stereocenters. The van der Waals surface area contributed by atoms with E-state index < -0.39 is 0 Å². The average molecular weight is 271 g/mol. The third kappa shape index (κ3) is 2.04. The summed E-state index contributed by atoms with van der Waals surface area (Å²) in [5, 5.41) is 3.50. The van der Waals surface area contributed by atoms with Crippen LogP contribution in [0.5, 0.6) is 0 Å². The van der Waals surface area contributed by atoms with Crippen LogP contribution in [0.3, 0.4) is 0 Å². The summed E-state index contributed by atoms with van der Waals surface area (Å²) in [6.07, 6.45) is 3.00. The molecule has 0 aliphatic carbocycles. The van der Waals surface area contributed by atoms with Crippen molar-refractivity contribution in [1.82, 2.24) is 4.98 Å². The monoisotopic (exact) mass is 271 g/mol. The molecule has 3 rings (SSSR count). The van der Waals surface area contributed by atoms with Crippen molar-refractivity contribution in [2.75, 3.05) is 0 Å². The Labute approximate surface area is 116 Å². The van der Waals surface area contributed by atoms with Crippen molar-refractivity contribution < 1.29 is 0 Å². The van der Waals surface area contributed by atoms with E-state index in [1.807, 2.05) is 0 Å². The van der Waals surface area contributed by atoms with E-state index in [2.05, 4.69) is 62.0 Å². The number of hydrogen-bond acceptors (Lipinski definition) is 3. The minimum absolute atomic E-state index is 0.944. The number of allylic oxidation sites excluding steroid dienone is 1. The molecule has 1 heterocycles. The first-order valence-electron chi connectivity index (χ1n) is 5.96. The molecule has 18 heavy (non-hydrogen) atoms. The Bertz CT molecular complexity index is 740. The van der Waals surface area contributed by atoms with Gasteiger partial charge in [0.05, 0.1) is 10.2 Å². The number of rotatable bonds is 2. The van der Waals surface area contributed by atoms with E-state index in [4.69, 9.17) is 4.98 Å². The van der Waals surface area contributed by atoms with Gasteiger partial charge < -0.3 is 0 Å². The Kier molecular flexibility index (Phi) is 3.10. The van der Waals surface area contributed by atoms with Crippen LogP contribution < -0.4 is 0 Å². The molecule has 0 N–H and O–H groups in total. The average Bonchev–Trinajstić information content (AvgIpc) is 2.81. The maximum atomic E-state index is 4.72. The van der Waals surface area contributed by atoms with Gasteiger partial charge in [-0.3, -0.25) is 0 Å². The summed E-state index contributed by atoms with van der Waals surface area (Å²) in [7, 11) is 0. The lowest BCUT2D eigenvalue weighted by Crippen LogP contribution is -1.75. The van der Waals surface area contributed by atoms with Gasteiger partial charge in [0.1, 0.15) is 5.01 Å². The zero-order valence-electron chi connectivity index (χ0n) is 10.1. The summed E-state index contributed by atoms with van der Waals surface area (Å²) >= 11 is 6.14. The van der Waals surface area contributed by atoms with Crippen molar-refractivity contribution in [2.45, 2.75) is 13.3 Å². The standard InChI is InChI=1S/C15H13NS2/c1-2-11(17)9-14-16-15-12-6-4-3-5-10(12)7-8-13(15)18-14/h3-9,17H,2H2,1H3/b11-9-. The third-order valence-corrected chi connectivity index (χ3v) is 4.37. The first kappa shape index (κ1) is 11.8. The van der Waals surface area contributed by atoms with Gasteiger partial charge in [0.15, 0.2) is 0 Å². The van der Waals surface area contributed by atoms with Crippen molar-refractivity contribution in [3.05, 3.63) is 46.3 Å². The van der Waals surface area contributed by atoms with Gasteiger partial charge in [0.2, 0.25) is 0 Å². The van der Waals surface area contributed by atoms with Crippen molar-refractivity contribution in [1.29, 1.82) is 0 Å². The fraction of sp³-hybridized carbons (Fsp3) is 0.133. The van der Waals surface area contributed by atoms with E-state index in [-0.39, 0.29) is 0 Å². The number of fused-ring (bicyclic) bond motifs is 3. The van der Waals surface area contributed by atoms with Crippen LogP contribution in [0.2, 0.25) is 0 Å². The molecular formula is C15H13NS2. The van der Waals surface area contributed by atoms with Gasteiger partial charge in [0.25, 0.3) is 0 Å². The second-order valence-corrected chi connectivity index (χ2v) is 5.81. The van der Waals surface area contributed by atoms with Crippen molar-refractivity contribution in [3.63, 3.8) is 0 Å². The zero-order valence-corrected chi connectivity index (χ0v) is 11.8. The Morgan fingerprint density at radius 3 is 2.94 bits per heavy atom. The van der Waals surface area contributed by atoms with Crippen molar-refractivity contribution in [2.24, 2.45) is 0 Å². The Morgan fingerprint density at radius 1 is 1.28 bits per heavy atom. The van der Waals surface area contributed by atoms with Gasteiger partial charge in [-0.25, -0.2) is 4.98 Å². The van der Waals surface area contributed by atoms with E-state index in [1.165, 1.54) is 15.5 Å². The highest BCUT2D eigenvalue weighted by molar-refractivity contribution is 7.84. The predicted molar refractivity (Wildman–Crippen MR) is 84.4 cm³/mol. The zero-order chi connectivity index (χ0) is 12.5. The first-order valence-corrected chi connectivity index (χ1v) is 7.22. The lowest BCUT2D eigenvalue weighted by atomic mass is 10.1. The number of benzene rings is 2. The van der Waals surface area contributed by atoms with E-state index >= 15 is 0 Å². The highest BCUT2D eigenvalue weighted by Gasteiger charge is 2.05. The molecule has 0 fully saturated rings. The number of nitrogens with zero attached hydrogens (tertiary/aromatic N) is 1. The maximum Gasteiger partial charge on any atom is 0.118 e. The van der Waals surface area contributed by atoms with Crippen molar-refractivity contribution >= 4 is 51.0 Å². The smallest absolute Gasteiger partial charge is 0.118 e. The Hall–Kier alpha value is -1.32. The SMILES string of the molecule is CC/C(S)=C/c1nc2c(ccc3ccccc32)s1. The molecule has 90 valence electrons. The second kappa shape index (κ2) is 4.75. The lowest BCUT2D eigenvalue weighted by Gasteiger charge is -1.96.